The van der Waals surface area contributed by atoms with Gasteiger partial charge in [-0.2, -0.15) is 5.26 Å². The van der Waals surface area contributed by atoms with Crippen molar-refractivity contribution in [2.24, 2.45) is 0 Å². The molecule has 0 spiro atoms. The maximum atomic E-state index is 12.3. The van der Waals surface area contributed by atoms with E-state index >= 15 is 0 Å². The van der Waals surface area contributed by atoms with Crippen LogP contribution in [0.15, 0.2) is 6.07 Å². The molecule has 0 unspecified atom stereocenters. The molecular formula is C8H3F2N3O4. The van der Waals surface area contributed by atoms with Crippen LogP contribution in [0.2, 0.25) is 0 Å². The molecule has 0 atom stereocenters. The van der Waals surface area contributed by atoms with Gasteiger partial charge in [0.15, 0.2) is 11.3 Å². The number of aromatic nitrogens is 1. The van der Waals surface area contributed by atoms with Crippen LogP contribution in [-0.4, -0.2) is 21.0 Å². The van der Waals surface area contributed by atoms with Crippen molar-refractivity contribution in [3.05, 3.63) is 33.1 Å². The lowest BCUT2D eigenvalue weighted by atomic mass is 10.1. The van der Waals surface area contributed by atoms with E-state index in [1.807, 2.05) is 0 Å². The number of nitro groups is 1. The molecule has 0 aliphatic heterocycles. The highest BCUT2D eigenvalue weighted by atomic mass is 19.3. The molecule has 0 saturated carbocycles. The van der Waals surface area contributed by atoms with Gasteiger partial charge in [0.1, 0.15) is 11.8 Å². The topological polar surface area (TPSA) is 117 Å². The minimum Gasteiger partial charge on any atom is -0.476 e. The van der Waals surface area contributed by atoms with Gasteiger partial charge in [-0.15, -0.1) is 0 Å². The predicted octanol–water partition coefficient (Wildman–Crippen LogP) is 1.50. The largest absolute Gasteiger partial charge is 0.476 e. The van der Waals surface area contributed by atoms with Crippen molar-refractivity contribution in [1.29, 1.82) is 5.26 Å². The van der Waals surface area contributed by atoms with E-state index < -0.39 is 40.0 Å². The quantitative estimate of drug-likeness (QED) is 0.634. The molecule has 1 N–H and O–H groups in total. The summed E-state index contributed by atoms with van der Waals surface area (Å²) in [5.41, 5.74) is -3.98. The van der Waals surface area contributed by atoms with Gasteiger partial charge >= 0.3 is 5.97 Å². The summed E-state index contributed by atoms with van der Waals surface area (Å²) in [6, 6.07) is 1.65. The summed E-state index contributed by atoms with van der Waals surface area (Å²) < 4.78 is 24.7. The molecule has 0 aliphatic rings. The summed E-state index contributed by atoms with van der Waals surface area (Å²) in [4.78, 5) is 23.1. The zero-order valence-corrected chi connectivity index (χ0v) is 7.92. The number of hydrogen-bond acceptors (Lipinski definition) is 5. The summed E-state index contributed by atoms with van der Waals surface area (Å²) >= 11 is 0. The minimum atomic E-state index is -3.17. The predicted molar refractivity (Wildman–Crippen MR) is 47.5 cm³/mol. The first kappa shape index (κ1) is 12.4. The van der Waals surface area contributed by atoms with Gasteiger partial charge in [0.05, 0.1) is 4.92 Å². The second kappa shape index (κ2) is 4.48. The van der Waals surface area contributed by atoms with Crippen LogP contribution < -0.4 is 0 Å². The van der Waals surface area contributed by atoms with E-state index in [2.05, 4.69) is 4.98 Å². The van der Waals surface area contributed by atoms with Gasteiger partial charge in [-0.1, -0.05) is 0 Å². The number of carbonyl (C=O) groups is 1. The number of pyridine rings is 1. The van der Waals surface area contributed by atoms with Gasteiger partial charge in [-0.05, 0) is 0 Å². The van der Waals surface area contributed by atoms with E-state index in [1.54, 1.807) is 0 Å². The highest BCUT2D eigenvalue weighted by Gasteiger charge is 2.27. The number of rotatable bonds is 3. The first-order valence-corrected chi connectivity index (χ1v) is 3.99. The Morgan fingerprint density at radius 1 is 1.65 bits per heavy atom. The maximum absolute atomic E-state index is 12.3. The van der Waals surface area contributed by atoms with Gasteiger partial charge in [0.25, 0.3) is 12.1 Å². The van der Waals surface area contributed by atoms with Gasteiger partial charge in [0.2, 0.25) is 0 Å². The Morgan fingerprint density at radius 3 is 2.59 bits per heavy atom. The smallest absolute Gasteiger partial charge is 0.356 e. The first-order chi connectivity index (χ1) is 7.88. The number of nitrogens with zero attached hydrogens (tertiary/aromatic N) is 3. The van der Waals surface area contributed by atoms with Crippen molar-refractivity contribution in [3.8, 4) is 6.07 Å². The molecule has 0 aromatic carbocycles. The molecule has 1 rings (SSSR count). The highest BCUT2D eigenvalue weighted by Crippen LogP contribution is 2.26. The molecule has 0 aliphatic carbocycles. The summed E-state index contributed by atoms with van der Waals surface area (Å²) in [6.45, 7) is 0. The molecule has 1 aromatic heterocycles. The van der Waals surface area contributed by atoms with Crippen molar-refractivity contribution >= 4 is 11.7 Å². The van der Waals surface area contributed by atoms with E-state index in [4.69, 9.17) is 10.4 Å². The van der Waals surface area contributed by atoms with Crippen molar-refractivity contribution in [2.45, 2.75) is 6.43 Å². The zero-order valence-electron chi connectivity index (χ0n) is 7.92. The maximum Gasteiger partial charge on any atom is 0.356 e. The Labute approximate surface area is 92.1 Å². The summed E-state index contributed by atoms with van der Waals surface area (Å²) in [7, 11) is 0. The molecule has 1 aromatic rings. The average Bonchev–Trinajstić information content (AvgIpc) is 2.26. The molecule has 17 heavy (non-hydrogen) atoms. The summed E-state index contributed by atoms with van der Waals surface area (Å²) in [5, 5.41) is 27.7. The molecule has 7 nitrogen and oxygen atoms in total. The fourth-order valence-electron chi connectivity index (χ4n) is 1.07. The van der Waals surface area contributed by atoms with E-state index in [-0.39, 0.29) is 0 Å². The Balaban J connectivity index is 3.65. The second-order valence-corrected chi connectivity index (χ2v) is 2.76. The third-order valence-corrected chi connectivity index (χ3v) is 1.75. The number of aromatic carboxylic acids is 1. The van der Waals surface area contributed by atoms with Crippen molar-refractivity contribution < 1.29 is 23.6 Å². The number of alkyl halides is 2. The SMILES string of the molecule is N#Cc1c([N+](=O)[O-])cc(C(F)F)nc1C(=O)O. The number of halogens is 2. The molecule has 0 fully saturated rings. The fourth-order valence-corrected chi connectivity index (χ4v) is 1.07. The van der Waals surface area contributed by atoms with Crippen molar-refractivity contribution in [3.63, 3.8) is 0 Å². The van der Waals surface area contributed by atoms with Crippen molar-refractivity contribution in [2.75, 3.05) is 0 Å². The molecule has 0 amide bonds. The number of carboxylic acid groups (broad SMARTS) is 1. The van der Waals surface area contributed by atoms with Crippen molar-refractivity contribution in [1.82, 2.24) is 4.98 Å². The molecule has 88 valence electrons. The lowest BCUT2D eigenvalue weighted by Crippen LogP contribution is -2.09. The molecule has 1 heterocycles. The monoisotopic (exact) mass is 243 g/mol. The van der Waals surface area contributed by atoms with Crippen LogP contribution >= 0.6 is 0 Å². The Kier molecular flexibility index (Phi) is 3.28. The van der Waals surface area contributed by atoms with E-state index in [0.29, 0.717) is 6.07 Å². The van der Waals surface area contributed by atoms with Crippen LogP contribution in [0.1, 0.15) is 28.2 Å². The minimum absolute atomic E-state index is 0.385. The Hall–Kier alpha value is -2.63. The van der Waals surface area contributed by atoms with Crippen LogP contribution in [0, 0.1) is 21.4 Å². The molecule has 0 radical (unpaired) electrons. The van der Waals surface area contributed by atoms with Crippen LogP contribution in [0.3, 0.4) is 0 Å². The third kappa shape index (κ3) is 2.31. The zero-order chi connectivity index (χ0) is 13.2. The second-order valence-electron chi connectivity index (χ2n) is 2.76. The lowest BCUT2D eigenvalue weighted by Gasteiger charge is -2.03. The Morgan fingerprint density at radius 2 is 2.24 bits per heavy atom. The van der Waals surface area contributed by atoms with Gasteiger partial charge in [-0.3, -0.25) is 10.1 Å². The normalized spacial score (nSPS) is 10.0. The van der Waals surface area contributed by atoms with E-state index in [0.717, 1.165) is 0 Å². The standard InChI is InChI=1S/C8H3F2N3O4/c9-7(10)4-1-5(13(16)17)3(2-11)6(12-4)8(14)15/h1,7H,(H,14,15). The van der Waals surface area contributed by atoms with Gasteiger partial charge in [-0.25, -0.2) is 18.6 Å². The highest BCUT2D eigenvalue weighted by molar-refractivity contribution is 5.90. The van der Waals surface area contributed by atoms with E-state index in [1.165, 1.54) is 6.07 Å². The number of hydrogen-bond donors (Lipinski definition) is 1. The molecule has 0 saturated heterocycles. The third-order valence-electron chi connectivity index (χ3n) is 1.75. The summed E-state index contributed by atoms with van der Waals surface area (Å²) in [5.74, 6) is -1.79. The van der Waals surface area contributed by atoms with Crippen LogP contribution in [0.5, 0.6) is 0 Å². The molecular weight excluding hydrogens is 240 g/mol. The molecule has 9 heteroatoms. The number of carboxylic acids is 1. The summed E-state index contributed by atoms with van der Waals surface area (Å²) in [6.07, 6.45) is -3.17. The Bertz CT molecular complexity index is 503. The number of nitriles is 1. The van der Waals surface area contributed by atoms with Crippen LogP contribution in [-0.2, 0) is 0 Å². The van der Waals surface area contributed by atoms with Gasteiger partial charge in [0, 0.05) is 6.07 Å². The first-order valence-electron chi connectivity index (χ1n) is 3.99. The fraction of sp³-hybridized carbons (Fsp3) is 0.125. The molecule has 0 bridgehead atoms. The average molecular weight is 243 g/mol. The van der Waals surface area contributed by atoms with Gasteiger partial charge < -0.3 is 5.11 Å². The van der Waals surface area contributed by atoms with Crippen LogP contribution in [0.25, 0.3) is 0 Å². The van der Waals surface area contributed by atoms with Crippen LogP contribution in [0.4, 0.5) is 14.5 Å². The lowest BCUT2D eigenvalue weighted by molar-refractivity contribution is -0.385. The van der Waals surface area contributed by atoms with E-state index in [9.17, 15) is 23.7 Å².